The first-order valence-corrected chi connectivity index (χ1v) is 11.0. The highest BCUT2D eigenvalue weighted by molar-refractivity contribution is 7.80. The van der Waals surface area contributed by atoms with Gasteiger partial charge >= 0.3 is 5.97 Å². The Bertz CT molecular complexity index is 885. The quantitative estimate of drug-likeness (QED) is 0.431. The molecule has 0 radical (unpaired) electrons. The summed E-state index contributed by atoms with van der Waals surface area (Å²) in [5, 5.41) is 12.3. The summed E-state index contributed by atoms with van der Waals surface area (Å²) in [4.78, 5) is 13.7. The van der Waals surface area contributed by atoms with E-state index in [1.807, 2.05) is 11.6 Å². The molecule has 8 heteroatoms. The van der Waals surface area contributed by atoms with Crippen LogP contribution in [0.5, 0.6) is 0 Å². The van der Waals surface area contributed by atoms with Crippen LogP contribution in [0.25, 0.3) is 0 Å². The summed E-state index contributed by atoms with van der Waals surface area (Å²) in [5.74, 6) is -0.291. The van der Waals surface area contributed by atoms with Crippen LogP contribution in [0, 0.1) is 13.8 Å². The molecule has 2 N–H and O–H groups in total. The van der Waals surface area contributed by atoms with E-state index < -0.39 is 0 Å². The largest absolute Gasteiger partial charge is 0.465 e. The number of thiocarbonyl (C=S) groups is 1. The zero-order valence-corrected chi connectivity index (χ0v) is 18.6. The minimum Gasteiger partial charge on any atom is -0.465 e. The van der Waals surface area contributed by atoms with Crippen molar-refractivity contribution in [3.05, 3.63) is 33.0 Å². The zero-order chi connectivity index (χ0) is 20.3. The molecule has 0 spiro atoms. The van der Waals surface area contributed by atoms with Gasteiger partial charge in [0.25, 0.3) is 0 Å². The number of rotatable bonds is 5. The first kappa shape index (κ1) is 20.8. The van der Waals surface area contributed by atoms with Gasteiger partial charge in [0.05, 0.1) is 18.4 Å². The van der Waals surface area contributed by atoms with Crippen molar-refractivity contribution in [3.8, 4) is 0 Å². The maximum absolute atomic E-state index is 12.4. The number of aryl methyl sites for hydroxylation is 3. The Kier molecular flexibility index (Phi) is 6.72. The summed E-state index contributed by atoms with van der Waals surface area (Å²) >= 11 is 7.14. The Labute approximate surface area is 175 Å². The maximum Gasteiger partial charge on any atom is 0.341 e. The number of hydrogen-bond donors (Lipinski definition) is 2. The van der Waals surface area contributed by atoms with Gasteiger partial charge in [0.1, 0.15) is 5.00 Å². The summed E-state index contributed by atoms with van der Waals surface area (Å²) < 4.78 is 7.05. The Balaban J connectivity index is 1.75. The number of nitrogens with zero attached hydrogens (tertiary/aromatic N) is 2. The van der Waals surface area contributed by atoms with Crippen molar-refractivity contribution in [2.75, 3.05) is 12.4 Å². The van der Waals surface area contributed by atoms with Crippen molar-refractivity contribution in [1.29, 1.82) is 0 Å². The number of esters is 1. The van der Waals surface area contributed by atoms with Gasteiger partial charge in [-0.05, 0) is 64.2 Å². The Hall–Kier alpha value is -1.93. The van der Waals surface area contributed by atoms with Crippen LogP contribution in [-0.4, -0.2) is 28.0 Å². The SMILES string of the molecule is CCn1nc(C)c(CNC(=S)Nc2sc3c(c2C(=O)OC)CCCCC3)c1C. The molecule has 1 aliphatic carbocycles. The fraction of sp³-hybridized carbons (Fsp3) is 0.550. The van der Waals surface area contributed by atoms with Crippen LogP contribution < -0.4 is 10.6 Å². The minimum absolute atomic E-state index is 0.291. The first-order chi connectivity index (χ1) is 13.5. The third-order valence-corrected chi connectivity index (χ3v) is 6.75. The smallest absolute Gasteiger partial charge is 0.341 e. The lowest BCUT2D eigenvalue weighted by molar-refractivity contribution is 0.0601. The zero-order valence-electron chi connectivity index (χ0n) is 17.0. The number of anilines is 1. The normalized spacial score (nSPS) is 13.6. The van der Waals surface area contributed by atoms with E-state index in [0.717, 1.165) is 59.7 Å². The number of fused-ring (bicyclic) bond motifs is 1. The van der Waals surface area contributed by atoms with Crippen molar-refractivity contribution in [1.82, 2.24) is 15.1 Å². The number of methoxy groups -OCH3 is 1. The molecule has 0 aliphatic heterocycles. The monoisotopic (exact) mass is 420 g/mol. The lowest BCUT2D eigenvalue weighted by Crippen LogP contribution is -2.28. The van der Waals surface area contributed by atoms with Crippen LogP contribution in [-0.2, 0) is 30.7 Å². The highest BCUT2D eigenvalue weighted by Crippen LogP contribution is 2.37. The molecule has 28 heavy (non-hydrogen) atoms. The molecule has 0 saturated heterocycles. The average Bonchev–Trinajstić information content (AvgIpc) is 3.04. The molecule has 0 aromatic carbocycles. The van der Waals surface area contributed by atoms with E-state index in [0.29, 0.717) is 17.2 Å². The second-order valence-electron chi connectivity index (χ2n) is 7.03. The Morgan fingerprint density at radius 1 is 1.29 bits per heavy atom. The molecule has 0 unspecified atom stereocenters. The molecule has 6 nitrogen and oxygen atoms in total. The van der Waals surface area contributed by atoms with Crippen LogP contribution in [0.1, 0.15) is 63.9 Å². The van der Waals surface area contributed by atoms with Crippen molar-refractivity contribution in [2.24, 2.45) is 0 Å². The molecule has 0 atom stereocenters. The van der Waals surface area contributed by atoms with E-state index in [1.165, 1.54) is 18.4 Å². The summed E-state index contributed by atoms with van der Waals surface area (Å²) in [6.45, 7) is 7.61. The highest BCUT2D eigenvalue weighted by Gasteiger charge is 2.25. The van der Waals surface area contributed by atoms with Gasteiger partial charge in [-0.2, -0.15) is 5.10 Å². The van der Waals surface area contributed by atoms with E-state index in [1.54, 1.807) is 11.3 Å². The number of carbonyl (C=O) groups excluding carboxylic acids is 1. The molecule has 2 heterocycles. The van der Waals surface area contributed by atoms with Gasteiger partial charge in [-0.15, -0.1) is 11.3 Å². The van der Waals surface area contributed by atoms with E-state index in [-0.39, 0.29) is 5.97 Å². The van der Waals surface area contributed by atoms with Gasteiger partial charge < -0.3 is 15.4 Å². The predicted octanol–water partition coefficient (Wildman–Crippen LogP) is 4.12. The molecule has 0 amide bonds. The standard InChI is InChI=1S/C20H28N4O2S2/c1-5-24-13(3)15(12(2)23-24)11-21-20(27)22-18-17(19(25)26-4)14-9-7-6-8-10-16(14)28-18/h5-11H2,1-4H3,(H2,21,22,27). The average molecular weight is 421 g/mol. The van der Waals surface area contributed by atoms with Crippen molar-refractivity contribution in [2.45, 2.75) is 66.0 Å². The second kappa shape index (κ2) is 9.05. The van der Waals surface area contributed by atoms with Gasteiger partial charge in [0.2, 0.25) is 0 Å². The molecular weight excluding hydrogens is 392 g/mol. The van der Waals surface area contributed by atoms with Gasteiger partial charge in [-0.25, -0.2) is 4.79 Å². The van der Waals surface area contributed by atoms with Gasteiger partial charge in [-0.3, -0.25) is 4.68 Å². The molecule has 0 bridgehead atoms. The number of ether oxygens (including phenoxy) is 1. The van der Waals surface area contributed by atoms with Crippen molar-refractivity contribution in [3.63, 3.8) is 0 Å². The third kappa shape index (κ3) is 4.22. The van der Waals surface area contributed by atoms with Gasteiger partial charge in [-0.1, -0.05) is 6.42 Å². The van der Waals surface area contributed by atoms with E-state index in [4.69, 9.17) is 17.0 Å². The van der Waals surface area contributed by atoms with Crippen LogP contribution in [0.3, 0.4) is 0 Å². The lowest BCUT2D eigenvalue weighted by Gasteiger charge is -2.11. The predicted molar refractivity (Wildman–Crippen MR) is 117 cm³/mol. The van der Waals surface area contributed by atoms with E-state index in [2.05, 4.69) is 29.6 Å². The molecule has 2 aromatic heterocycles. The molecule has 2 aromatic rings. The first-order valence-electron chi connectivity index (χ1n) is 9.76. The summed E-state index contributed by atoms with van der Waals surface area (Å²) in [5.41, 5.74) is 5.09. The maximum atomic E-state index is 12.4. The summed E-state index contributed by atoms with van der Waals surface area (Å²) in [7, 11) is 1.43. The molecule has 1 aliphatic rings. The number of thiophene rings is 1. The molecule has 152 valence electrons. The van der Waals surface area contributed by atoms with Crippen LogP contribution in [0.2, 0.25) is 0 Å². The molecule has 0 saturated carbocycles. The van der Waals surface area contributed by atoms with Crippen LogP contribution in [0.4, 0.5) is 5.00 Å². The fourth-order valence-corrected chi connectivity index (χ4v) is 5.28. The minimum atomic E-state index is -0.291. The Morgan fingerprint density at radius 2 is 2.04 bits per heavy atom. The number of carbonyl (C=O) groups is 1. The highest BCUT2D eigenvalue weighted by atomic mass is 32.1. The van der Waals surface area contributed by atoms with Crippen LogP contribution >= 0.6 is 23.6 Å². The van der Waals surface area contributed by atoms with Gasteiger partial charge in [0, 0.05) is 29.2 Å². The summed E-state index contributed by atoms with van der Waals surface area (Å²) in [6.07, 6.45) is 5.41. The second-order valence-corrected chi connectivity index (χ2v) is 8.55. The number of hydrogen-bond acceptors (Lipinski definition) is 5. The topological polar surface area (TPSA) is 68.2 Å². The van der Waals surface area contributed by atoms with E-state index >= 15 is 0 Å². The number of nitrogens with one attached hydrogen (secondary N) is 2. The number of aromatic nitrogens is 2. The fourth-order valence-electron chi connectivity index (χ4n) is 3.76. The van der Waals surface area contributed by atoms with Crippen molar-refractivity contribution < 1.29 is 9.53 Å². The lowest BCUT2D eigenvalue weighted by atomic mass is 10.1. The van der Waals surface area contributed by atoms with E-state index in [9.17, 15) is 4.79 Å². The third-order valence-electron chi connectivity index (χ3n) is 5.29. The molecular formula is C20H28N4O2S2. The van der Waals surface area contributed by atoms with Crippen LogP contribution in [0.15, 0.2) is 0 Å². The summed E-state index contributed by atoms with van der Waals surface area (Å²) in [6, 6.07) is 0. The van der Waals surface area contributed by atoms with Crippen molar-refractivity contribution >= 4 is 39.6 Å². The molecule has 3 rings (SSSR count). The Morgan fingerprint density at radius 3 is 2.71 bits per heavy atom. The van der Waals surface area contributed by atoms with Gasteiger partial charge in [0.15, 0.2) is 5.11 Å². The molecule has 0 fully saturated rings.